The van der Waals surface area contributed by atoms with Gasteiger partial charge in [-0.1, -0.05) is 54.6 Å². The molecule has 2 aromatic carbocycles. The minimum atomic E-state index is -1.38. The van der Waals surface area contributed by atoms with Gasteiger partial charge in [-0.05, 0) is 42.0 Å². The molecule has 4 rings (SSSR count). The van der Waals surface area contributed by atoms with Crippen molar-refractivity contribution < 1.29 is 29.0 Å². The number of rotatable bonds is 7. The average Bonchev–Trinajstić information content (AvgIpc) is 3.20. The summed E-state index contributed by atoms with van der Waals surface area (Å²) in [7, 11) is 1.35. The number of alkyl carbamates (subject to hydrolysis) is 1. The number of methoxy groups -OCH3 is 1. The van der Waals surface area contributed by atoms with E-state index in [1.54, 1.807) is 13.0 Å². The molecule has 0 aromatic heterocycles. The maximum atomic E-state index is 12.8. The van der Waals surface area contributed by atoms with Crippen molar-refractivity contribution in [3.8, 4) is 11.1 Å². The van der Waals surface area contributed by atoms with Crippen LogP contribution in [0, 0.1) is 0 Å². The van der Waals surface area contributed by atoms with Crippen LogP contribution in [-0.2, 0) is 19.1 Å². The molecule has 8 nitrogen and oxygen atoms in total. The molecule has 0 bridgehead atoms. The molecule has 1 heterocycles. The first-order valence-electron chi connectivity index (χ1n) is 11.7. The Labute approximate surface area is 204 Å². The Kier molecular flexibility index (Phi) is 7.21. The zero-order valence-electron chi connectivity index (χ0n) is 20.0. The van der Waals surface area contributed by atoms with Gasteiger partial charge < -0.3 is 24.8 Å². The van der Waals surface area contributed by atoms with Crippen molar-refractivity contribution in [3.63, 3.8) is 0 Å². The topological polar surface area (TPSA) is 105 Å². The molecule has 1 unspecified atom stereocenters. The first kappa shape index (κ1) is 24.5. The van der Waals surface area contributed by atoms with E-state index in [1.165, 1.54) is 12.0 Å². The van der Waals surface area contributed by atoms with Crippen molar-refractivity contribution in [2.24, 2.45) is 0 Å². The summed E-state index contributed by atoms with van der Waals surface area (Å²) in [6, 6.07) is 16.2. The molecule has 2 aliphatic rings. The van der Waals surface area contributed by atoms with Gasteiger partial charge in [-0.25, -0.2) is 9.59 Å². The van der Waals surface area contributed by atoms with E-state index in [9.17, 15) is 19.5 Å². The summed E-state index contributed by atoms with van der Waals surface area (Å²) in [5.41, 5.74) is 3.63. The fraction of sp³-hybridized carbons (Fsp3) is 0.370. The van der Waals surface area contributed by atoms with Gasteiger partial charge in [-0.2, -0.15) is 0 Å². The van der Waals surface area contributed by atoms with E-state index in [1.807, 2.05) is 24.3 Å². The second kappa shape index (κ2) is 10.3. The Hall–Kier alpha value is -3.65. The van der Waals surface area contributed by atoms with Crippen LogP contribution in [0.4, 0.5) is 4.79 Å². The zero-order chi connectivity index (χ0) is 25.0. The van der Waals surface area contributed by atoms with Crippen LogP contribution in [0.2, 0.25) is 0 Å². The quantitative estimate of drug-likeness (QED) is 0.590. The third kappa shape index (κ3) is 4.93. The lowest BCUT2D eigenvalue weighted by Crippen LogP contribution is -2.56. The van der Waals surface area contributed by atoms with E-state index >= 15 is 0 Å². The van der Waals surface area contributed by atoms with Crippen LogP contribution in [0.5, 0.6) is 0 Å². The van der Waals surface area contributed by atoms with E-state index < -0.39 is 17.7 Å². The third-order valence-electron chi connectivity index (χ3n) is 6.86. The maximum Gasteiger partial charge on any atom is 0.407 e. The van der Waals surface area contributed by atoms with Crippen molar-refractivity contribution in [3.05, 3.63) is 71.3 Å². The van der Waals surface area contributed by atoms with Crippen LogP contribution in [0.25, 0.3) is 11.1 Å². The van der Waals surface area contributed by atoms with Gasteiger partial charge in [0.1, 0.15) is 6.61 Å². The normalized spacial score (nSPS) is 19.6. The van der Waals surface area contributed by atoms with Crippen LogP contribution in [0.3, 0.4) is 0 Å². The number of nitrogens with one attached hydrogen (secondary N) is 1. The average molecular weight is 479 g/mol. The molecule has 8 heteroatoms. The molecule has 0 saturated carbocycles. The molecule has 2 N–H and O–H groups in total. The lowest BCUT2D eigenvalue weighted by molar-refractivity contribution is -0.170. The maximum absolute atomic E-state index is 12.8. The second-order valence-electron chi connectivity index (χ2n) is 8.93. The Bertz CT molecular complexity index is 1110. The largest absolute Gasteiger partial charge is 0.479 e. The van der Waals surface area contributed by atoms with Crippen LogP contribution in [0.15, 0.2) is 60.2 Å². The van der Waals surface area contributed by atoms with E-state index in [4.69, 9.17) is 9.47 Å². The van der Waals surface area contributed by atoms with E-state index in [2.05, 4.69) is 29.6 Å². The summed E-state index contributed by atoms with van der Waals surface area (Å²) < 4.78 is 10.7. The minimum absolute atomic E-state index is 0.0113. The highest BCUT2D eigenvalue weighted by Gasteiger charge is 2.44. The molecule has 1 aliphatic heterocycles. The third-order valence-corrected chi connectivity index (χ3v) is 6.86. The van der Waals surface area contributed by atoms with Crippen molar-refractivity contribution in [2.45, 2.75) is 31.3 Å². The fourth-order valence-electron chi connectivity index (χ4n) is 4.90. The van der Waals surface area contributed by atoms with Crippen molar-refractivity contribution in [1.29, 1.82) is 0 Å². The van der Waals surface area contributed by atoms with Crippen LogP contribution in [0.1, 0.15) is 36.8 Å². The van der Waals surface area contributed by atoms with Gasteiger partial charge in [0.15, 0.2) is 5.60 Å². The molecule has 0 spiro atoms. The van der Waals surface area contributed by atoms with Crippen molar-refractivity contribution >= 4 is 18.0 Å². The fourth-order valence-corrected chi connectivity index (χ4v) is 4.90. The van der Waals surface area contributed by atoms with Gasteiger partial charge in [0.25, 0.3) is 0 Å². The Morgan fingerprint density at radius 2 is 1.74 bits per heavy atom. The van der Waals surface area contributed by atoms with Crippen molar-refractivity contribution in [1.82, 2.24) is 10.2 Å². The summed E-state index contributed by atoms with van der Waals surface area (Å²) in [4.78, 5) is 38.3. The number of benzene rings is 2. The molecule has 1 atom stereocenters. The zero-order valence-corrected chi connectivity index (χ0v) is 20.0. The van der Waals surface area contributed by atoms with E-state index in [-0.39, 0.29) is 31.5 Å². The Balaban J connectivity index is 1.30. The smallest absolute Gasteiger partial charge is 0.407 e. The molecule has 0 radical (unpaired) electrons. The number of piperidine rings is 1. The number of carbonyl (C=O) groups excluding carboxylic acids is 2. The summed E-state index contributed by atoms with van der Waals surface area (Å²) >= 11 is 0. The predicted molar refractivity (Wildman–Crippen MR) is 130 cm³/mol. The molecular formula is C27H30N2O6. The number of carboxylic acids is 1. The highest BCUT2D eigenvalue weighted by molar-refractivity contribution is 5.93. The van der Waals surface area contributed by atoms with Crippen LogP contribution >= 0.6 is 0 Å². The number of carbonyl (C=O) groups is 3. The molecule has 2 aromatic rings. The number of carboxylic acid groups (broad SMARTS) is 1. The number of ether oxygens (including phenoxy) is 2. The lowest BCUT2D eigenvalue weighted by atomic mass is 9.92. The molecule has 1 aliphatic carbocycles. The Morgan fingerprint density at radius 3 is 2.34 bits per heavy atom. The second-order valence-corrected chi connectivity index (χ2v) is 8.93. The highest BCUT2D eigenvalue weighted by atomic mass is 16.5. The van der Waals surface area contributed by atoms with Crippen LogP contribution < -0.4 is 5.32 Å². The number of fused-ring (bicyclic) bond motifs is 3. The molecular weight excluding hydrogens is 448 g/mol. The predicted octanol–water partition coefficient (Wildman–Crippen LogP) is 3.56. The van der Waals surface area contributed by atoms with Gasteiger partial charge in [-0.3, -0.25) is 4.79 Å². The number of aliphatic carboxylic acids is 1. The Morgan fingerprint density at radius 1 is 1.11 bits per heavy atom. The SMILES string of the molecule is COC1(C(=O)O)CCCN(C(=O)/C(C)=C/CNC(=O)OCC2c3ccccc3-c3ccccc32)C1. The van der Waals surface area contributed by atoms with Gasteiger partial charge in [0.05, 0.1) is 6.54 Å². The van der Waals surface area contributed by atoms with E-state index in [0.717, 1.165) is 22.3 Å². The molecule has 35 heavy (non-hydrogen) atoms. The minimum Gasteiger partial charge on any atom is -0.479 e. The number of hydrogen-bond donors (Lipinski definition) is 2. The number of likely N-dealkylation sites (tertiary alicyclic amines) is 1. The standard InChI is InChI=1S/C27H30N2O6/c1-18(24(30)29-15-7-13-27(17-29,34-2)25(31)32)12-14-28-26(33)35-16-23-21-10-5-3-8-19(21)20-9-4-6-11-22(20)23/h3-6,8-12,23H,7,13-17H2,1-2H3,(H,28,33)(H,31,32)/b18-12+. The summed E-state index contributed by atoms with van der Waals surface area (Å²) in [6.07, 6.45) is 1.94. The molecule has 184 valence electrons. The summed E-state index contributed by atoms with van der Waals surface area (Å²) in [5, 5.41) is 12.2. The van der Waals surface area contributed by atoms with Gasteiger partial charge in [0.2, 0.25) is 5.91 Å². The number of hydrogen-bond acceptors (Lipinski definition) is 5. The summed E-state index contributed by atoms with van der Waals surface area (Å²) in [6.45, 7) is 2.43. The summed E-state index contributed by atoms with van der Waals surface area (Å²) in [5.74, 6) is -1.38. The molecule has 1 fully saturated rings. The monoisotopic (exact) mass is 478 g/mol. The first-order chi connectivity index (χ1) is 16.9. The van der Waals surface area contributed by atoms with Crippen molar-refractivity contribution in [2.75, 3.05) is 33.4 Å². The van der Waals surface area contributed by atoms with Gasteiger partial charge >= 0.3 is 12.1 Å². The lowest BCUT2D eigenvalue weighted by Gasteiger charge is -2.38. The van der Waals surface area contributed by atoms with E-state index in [0.29, 0.717) is 25.0 Å². The first-order valence-corrected chi connectivity index (χ1v) is 11.7. The highest BCUT2D eigenvalue weighted by Crippen LogP contribution is 2.44. The number of nitrogens with zero attached hydrogens (tertiary/aromatic N) is 1. The number of amides is 2. The van der Waals surface area contributed by atoms with Crippen LogP contribution in [-0.4, -0.2) is 66.9 Å². The molecule has 1 saturated heterocycles. The molecule has 2 amide bonds. The van der Waals surface area contributed by atoms with Gasteiger partial charge in [0, 0.05) is 31.7 Å². The van der Waals surface area contributed by atoms with Gasteiger partial charge in [-0.15, -0.1) is 0 Å².